The molecule has 0 radical (unpaired) electrons. The molecular formula is C17H23N3. The summed E-state index contributed by atoms with van der Waals surface area (Å²) in [5.74, 6) is 0. The van der Waals surface area contributed by atoms with Crippen LogP contribution in [0.1, 0.15) is 30.5 Å². The zero-order valence-corrected chi connectivity index (χ0v) is 12.4. The number of aryl methyl sites for hydroxylation is 2. The summed E-state index contributed by atoms with van der Waals surface area (Å²) < 4.78 is 2.04. The first-order valence-corrected chi connectivity index (χ1v) is 7.55. The van der Waals surface area contributed by atoms with Crippen LogP contribution < -0.4 is 5.32 Å². The second-order valence-electron chi connectivity index (χ2n) is 5.85. The van der Waals surface area contributed by atoms with Gasteiger partial charge in [0.25, 0.3) is 0 Å². The van der Waals surface area contributed by atoms with Gasteiger partial charge in [-0.3, -0.25) is 4.68 Å². The molecule has 20 heavy (non-hydrogen) atoms. The number of aromatic nitrogens is 2. The first-order chi connectivity index (χ1) is 9.74. The van der Waals surface area contributed by atoms with E-state index < -0.39 is 0 Å². The average Bonchev–Trinajstić information content (AvgIpc) is 2.82. The predicted octanol–water partition coefficient (Wildman–Crippen LogP) is 3.08. The van der Waals surface area contributed by atoms with Crippen molar-refractivity contribution < 1.29 is 0 Å². The Kier molecular flexibility index (Phi) is 3.88. The Labute approximate surface area is 121 Å². The van der Waals surface area contributed by atoms with Crippen molar-refractivity contribution in [3.63, 3.8) is 0 Å². The molecule has 2 aromatic rings. The quantitative estimate of drug-likeness (QED) is 0.928. The van der Waals surface area contributed by atoms with Crippen molar-refractivity contribution in [3.8, 4) is 11.1 Å². The molecule has 1 N–H and O–H groups in total. The molecule has 3 heteroatoms. The highest BCUT2D eigenvalue weighted by Gasteiger charge is 2.18. The van der Waals surface area contributed by atoms with Gasteiger partial charge in [0.2, 0.25) is 0 Å². The highest BCUT2D eigenvalue weighted by Crippen LogP contribution is 2.26. The van der Waals surface area contributed by atoms with Gasteiger partial charge >= 0.3 is 0 Å². The van der Waals surface area contributed by atoms with Gasteiger partial charge in [-0.15, -0.1) is 0 Å². The molecule has 106 valence electrons. The Morgan fingerprint density at radius 3 is 3.00 bits per heavy atom. The number of benzene rings is 1. The molecule has 0 saturated carbocycles. The van der Waals surface area contributed by atoms with Gasteiger partial charge in [0.05, 0.1) is 6.20 Å². The lowest BCUT2D eigenvalue weighted by molar-refractivity contribution is 0.393. The minimum Gasteiger partial charge on any atom is -0.314 e. The molecule has 1 aromatic carbocycles. The molecule has 1 aliphatic heterocycles. The lowest BCUT2D eigenvalue weighted by Crippen LogP contribution is -2.36. The molecule has 1 saturated heterocycles. The van der Waals surface area contributed by atoms with Crippen molar-refractivity contribution in [1.29, 1.82) is 0 Å². The molecule has 1 aromatic heterocycles. The molecule has 1 atom stereocenters. The molecule has 1 fully saturated rings. The average molecular weight is 269 g/mol. The summed E-state index contributed by atoms with van der Waals surface area (Å²) in [4.78, 5) is 0. The molecule has 2 heterocycles. The number of nitrogens with zero attached hydrogens (tertiary/aromatic N) is 2. The molecule has 1 unspecified atom stereocenters. The van der Waals surface area contributed by atoms with Crippen molar-refractivity contribution in [2.75, 3.05) is 6.54 Å². The van der Waals surface area contributed by atoms with Crippen LogP contribution in [0, 0.1) is 6.92 Å². The van der Waals surface area contributed by atoms with E-state index in [1.165, 1.54) is 41.6 Å². The van der Waals surface area contributed by atoms with E-state index >= 15 is 0 Å². The Hall–Kier alpha value is -1.61. The van der Waals surface area contributed by atoms with Gasteiger partial charge in [0.1, 0.15) is 0 Å². The van der Waals surface area contributed by atoms with Crippen molar-refractivity contribution in [2.24, 2.45) is 7.05 Å². The van der Waals surface area contributed by atoms with Crippen LogP contribution >= 0.6 is 0 Å². The van der Waals surface area contributed by atoms with Crippen LogP contribution in [0.2, 0.25) is 0 Å². The number of nitrogens with one attached hydrogen (secondary N) is 1. The summed E-state index contributed by atoms with van der Waals surface area (Å²) in [6.45, 7) is 3.30. The fourth-order valence-electron chi connectivity index (χ4n) is 3.09. The largest absolute Gasteiger partial charge is 0.314 e. The molecule has 0 aliphatic carbocycles. The van der Waals surface area contributed by atoms with Crippen molar-refractivity contribution >= 4 is 0 Å². The van der Waals surface area contributed by atoms with Gasteiger partial charge in [-0.2, -0.15) is 5.10 Å². The van der Waals surface area contributed by atoms with Crippen LogP contribution in [-0.2, 0) is 13.5 Å². The van der Waals surface area contributed by atoms with E-state index in [1.807, 2.05) is 10.9 Å². The SMILES string of the molecule is Cc1cccc(-c2cnn(C)c2CC2CCCCN2)c1. The third-order valence-electron chi connectivity index (χ3n) is 4.24. The third-order valence-corrected chi connectivity index (χ3v) is 4.24. The lowest BCUT2D eigenvalue weighted by atomic mass is 9.96. The summed E-state index contributed by atoms with van der Waals surface area (Å²) in [5.41, 5.74) is 5.20. The molecular weight excluding hydrogens is 246 g/mol. The molecule has 3 nitrogen and oxygen atoms in total. The van der Waals surface area contributed by atoms with E-state index in [0.29, 0.717) is 6.04 Å². The van der Waals surface area contributed by atoms with Gasteiger partial charge in [-0.05, 0) is 31.9 Å². The zero-order valence-electron chi connectivity index (χ0n) is 12.4. The summed E-state index contributed by atoms with van der Waals surface area (Å²) >= 11 is 0. The van der Waals surface area contributed by atoms with Crippen molar-refractivity contribution in [2.45, 2.75) is 38.6 Å². The summed E-state index contributed by atoms with van der Waals surface area (Å²) in [6, 6.07) is 9.29. The van der Waals surface area contributed by atoms with Gasteiger partial charge < -0.3 is 5.32 Å². The van der Waals surface area contributed by atoms with E-state index in [-0.39, 0.29) is 0 Å². The van der Waals surface area contributed by atoms with Gasteiger partial charge in [0.15, 0.2) is 0 Å². The van der Waals surface area contributed by atoms with E-state index in [2.05, 4.69) is 48.7 Å². The second kappa shape index (κ2) is 5.80. The van der Waals surface area contributed by atoms with E-state index in [4.69, 9.17) is 0 Å². The van der Waals surface area contributed by atoms with Crippen LogP contribution in [0.15, 0.2) is 30.5 Å². The third kappa shape index (κ3) is 2.78. The van der Waals surface area contributed by atoms with Crippen molar-refractivity contribution in [1.82, 2.24) is 15.1 Å². The van der Waals surface area contributed by atoms with E-state index in [9.17, 15) is 0 Å². The lowest BCUT2D eigenvalue weighted by Gasteiger charge is -2.24. The maximum Gasteiger partial charge on any atom is 0.0571 e. The fourth-order valence-corrected chi connectivity index (χ4v) is 3.09. The standard InChI is InChI=1S/C17H23N3/c1-13-6-5-7-14(10-13)16-12-19-20(2)17(16)11-15-8-3-4-9-18-15/h5-7,10,12,15,18H,3-4,8-9,11H2,1-2H3. The Morgan fingerprint density at radius 2 is 2.25 bits per heavy atom. The molecule has 0 bridgehead atoms. The number of hydrogen-bond donors (Lipinski definition) is 1. The Balaban J connectivity index is 1.88. The van der Waals surface area contributed by atoms with Crippen LogP contribution in [0.3, 0.4) is 0 Å². The highest BCUT2D eigenvalue weighted by atomic mass is 15.3. The summed E-state index contributed by atoms with van der Waals surface area (Å²) in [6.07, 6.45) is 7.01. The minimum atomic E-state index is 0.600. The van der Waals surface area contributed by atoms with Crippen LogP contribution in [-0.4, -0.2) is 22.4 Å². The zero-order chi connectivity index (χ0) is 13.9. The first kappa shape index (κ1) is 13.4. The van der Waals surface area contributed by atoms with Gasteiger partial charge in [0, 0.05) is 30.8 Å². The maximum atomic E-state index is 4.48. The summed E-state index contributed by atoms with van der Waals surface area (Å²) in [5, 5.41) is 8.11. The van der Waals surface area contributed by atoms with Crippen LogP contribution in [0.5, 0.6) is 0 Å². The highest BCUT2D eigenvalue weighted by molar-refractivity contribution is 5.66. The van der Waals surface area contributed by atoms with Crippen molar-refractivity contribution in [3.05, 3.63) is 41.7 Å². The van der Waals surface area contributed by atoms with E-state index in [1.54, 1.807) is 0 Å². The summed E-state index contributed by atoms with van der Waals surface area (Å²) in [7, 11) is 2.05. The monoisotopic (exact) mass is 269 g/mol. The van der Waals surface area contributed by atoms with Gasteiger partial charge in [-0.25, -0.2) is 0 Å². The van der Waals surface area contributed by atoms with E-state index in [0.717, 1.165) is 13.0 Å². The molecule has 3 rings (SSSR count). The maximum absolute atomic E-state index is 4.48. The number of piperidine rings is 1. The Morgan fingerprint density at radius 1 is 1.35 bits per heavy atom. The fraction of sp³-hybridized carbons (Fsp3) is 0.471. The molecule has 0 amide bonds. The normalized spacial score (nSPS) is 19.2. The molecule has 0 spiro atoms. The van der Waals surface area contributed by atoms with Crippen LogP contribution in [0.4, 0.5) is 0 Å². The predicted molar refractivity (Wildman–Crippen MR) is 82.7 cm³/mol. The van der Waals surface area contributed by atoms with Crippen LogP contribution in [0.25, 0.3) is 11.1 Å². The molecule has 1 aliphatic rings. The second-order valence-corrected chi connectivity index (χ2v) is 5.85. The first-order valence-electron chi connectivity index (χ1n) is 7.55. The smallest absolute Gasteiger partial charge is 0.0571 e. The number of hydrogen-bond acceptors (Lipinski definition) is 2. The topological polar surface area (TPSA) is 29.9 Å². The minimum absolute atomic E-state index is 0.600. The number of rotatable bonds is 3. The van der Waals surface area contributed by atoms with Gasteiger partial charge in [-0.1, -0.05) is 36.2 Å². The Bertz CT molecular complexity index is 580.